The average Bonchev–Trinajstić information content (AvgIpc) is 2.82. The zero-order chi connectivity index (χ0) is 11.4. The van der Waals surface area contributed by atoms with Gasteiger partial charge in [-0.25, -0.2) is 4.98 Å². The Bertz CT molecular complexity index is 455. The third kappa shape index (κ3) is 2.43. The molecular formula is C11H11N3OS. The van der Waals surface area contributed by atoms with Gasteiger partial charge >= 0.3 is 0 Å². The highest BCUT2D eigenvalue weighted by atomic mass is 32.1. The number of hydrogen-bond donors (Lipinski definition) is 0. The molecule has 82 valence electrons. The van der Waals surface area contributed by atoms with Gasteiger partial charge in [-0.1, -0.05) is 6.07 Å². The molecule has 0 aliphatic carbocycles. The van der Waals surface area contributed by atoms with Crippen molar-refractivity contribution >= 4 is 17.2 Å². The first-order valence-electron chi connectivity index (χ1n) is 4.82. The van der Waals surface area contributed by atoms with Gasteiger partial charge in [0.15, 0.2) is 0 Å². The fraction of sp³-hybridized carbons (Fsp3) is 0.182. The number of pyridine rings is 1. The molecule has 0 unspecified atom stereocenters. The molecule has 0 radical (unpaired) electrons. The quantitative estimate of drug-likeness (QED) is 0.812. The largest absolute Gasteiger partial charge is 0.334 e. The molecule has 0 atom stereocenters. The number of carbonyl (C=O) groups excluding carboxylic acids is 1. The minimum atomic E-state index is -0.0872. The van der Waals surface area contributed by atoms with Gasteiger partial charge in [-0.05, 0) is 12.1 Å². The Morgan fingerprint density at radius 1 is 1.38 bits per heavy atom. The molecule has 2 heterocycles. The lowest BCUT2D eigenvalue weighted by molar-refractivity contribution is 0.0779. The molecule has 0 saturated carbocycles. The van der Waals surface area contributed by atoms with Gasteiger partial charge in [0.2, 0.25) is 0 Å². The molecule has 0 saturated heterocycles. The van der Waals surface area contributed by atoms with Crippen molar-refractivity contribution in [3.05, 3.63) is 46.7 Å². The van der Waals surface area contributed by atoms with Crippen LogP contribution in [0, 0.1) is 0 Å². The monoisotopic (exact) mass is 233 g/mol. The zero-order valence-corrected chi connectivity index (χ0v) is 9.65. The van der Waals surface area contributed by atoms with Crippen LogP contribution >= 0.6 is 11.3 Å². The van der Waals surface area contributed by atoms with Crippen molar-refractivity contribution in [3.63, 3.8) is 0 Å². The van der Waals surface area contributed by atoms with Gasteiger partial charge in [-0.3, -0.25) is 9.78 Å². The van der Waals surface area contributed by atoms with Crippen LogP contribution in [0.2, 0.25) is 0 Å². The molecule has 0 aliphatic rings. The van der Waals surface area contributed by atoms with E-state index in [9.17, 15) is 4.79 Å². The summed E-state index contributed by atoms with van der Waals surface area (Å²) in [7, 11) is 1.75. The molecule has 0 bridgehead atoms. The lowest BCUT2D eigenvalue weighted by Crippen LogP contribution is -2.26. The maximum atomic E-state index is 11.9. The SMILES string of the molecule is CN(Cc1nccs1)C(=O)c1ccccn1. The Kier molecular flexibility index (Phi) is 3.26. The van der Waals surface area contributed by atoms with Crippen LogP contribution in [-0.2, 0) is 6.54 Å². The lowest BCUT2D eigenvalue weighted by atomic mass is 10.3. The summed E-state index contributed by atoms with van der Waals surface area (Å²) in [6, 6.07) is 5.30. The Morgan fingerprint density at radius 2 is 2.25 bits per heavy atom. The van der Waals surface area contributed by atoms with Gasteiger partial charge in [0, 0.05) is 24.8 Å². The van der Waals surface area contributed by atoms with Crippen LogP contribution in [-0.4, -0.2) is 27.8 Å². The first-order valence-corrected chi connectivity index (χ1v) is 5.70. The molecule has 2 aromatic rings. The third-order valence-corrected chi connectivity index (χ3v) is 2.85. The van der Waals surface area contributed by atoms with E-state index in [1.165, 1.54) is 11.3 Å². The topological polar surface area (TPSA) is 46.1 Å². The van der Waals surface area contributed by atoms with Gasteiger partial charge in [-0.15, -0.1) is 11.3 Å². The predicted octanol–water partition coefficient (Wildman–Crippen LogP) is 1.81. The normalized spacial score (nSPS) is 10.1. The molecule has 0 aliphatic heterocycles. The summed E-state index contributed by atoms with van der Waals surface area (Å²) in [6.45, 7) is 0.521. The maximum absolute atomic E-state index is 11.9. The first-order chi connectivity index (χ1) is 7.77. The van der Waals surface area contributed by atoms with E-state index in [1.807, 2.05) is 5.38 Å². The van der Waals surface area contributed by atoms with E-state index in [-0.39, 0.29) is 5.91 Å². The van der Waals surface area contributed by atoms with E-state index in [0.717, 1.165) is 5.01 Å². The van der Waals surface area contributed by atoms with Crippen LogP contribution in [0.1, 0.15) is 15.5 Å². The van der Waals surface area contributed by atoms with Gasteiger partial charge in [0.1, 0.15) is 10.7 Å². The Morgan fingerprint density at radius 3 is 2.88 bits per heavy atom. The van der Waals surface area contributed by atoms with E-state index in [0.29, 0.717) is 12.2 Å². The summed E-state index contributed by atoms with van der Waals surface area (Å²) in [5.74, 6) is -0.0872. The standard InChI is InChI=1S/C11H11N3OS/c1-14(8-10-13-6-7-16-10)11(15)9-4-2-3-5-12-9/h2-7H,8H2,1H3. The average molecular weight is 233 g/mol. The highest BCUT2D eigenvalue weighted by Gasteiger charge is 2.13. The number of aromatic nitrogens is 2. The van der Waals surface area contributed by atoms with E-state index in [2.05, 4.69) is 9.97 Å². The van der Waals surface area contributed by atoms with E-state index in [4.69, 9.17) is 0 Å². The van der Waals surface area contributed by atoms with Crippen LogP contribution in [0.4, 0.5) is 0 Å². The second-order valence-electron chi connectivity index (χ2n) is 3.30. The van der Waals surface area contributed by atoms with Crippen molar-refractivity contribution in [3.8, 4) is 0 Å². The highest BCUT2D eigenvalue weighted by molar-refractivity contribution is 7.09. The Hall–Kier alpha value is -1.75. The number of nitrogens with zero attached hydrogens (tertiary/aromatic N) is 3. The second-order valence-corrected chi connectivity index (χ2v) is 4.28. The molecule has 1 amide bonds. The van der Waals surface area contributed by atoms with E-state index >= 15 is 0 Å². The number of hydrogen-bond acceptors (Lipinski definition) is 4. The number of amides is 1. The first kappa shape index (κ1) is 10.8. The summed E-state index contributed by atoms with van der Waals surface area (Å²) in [4.78, 5) is 21.7. The highest BCUT2D eigenvalue weighted by Crippen LogP contribution is 2.08. The second kappa shape index (κ2) is 4.85. The summed E-state index contributed by atoms with van der Waals surface area (Å²) in [5.41, 5.74) is 0.460. The molecule has 4 nitrogen and oxygen atoms in total. The third-order valence-electron chi connectivity index (χ3n) is 2.09. The van der Waals surface area contributed by atoms with Crippen molar-refractivity contribution in [2.75, 3.05) is 7.05 Å². The molecule has 16 heavy (non-hydrogen) atoms. The van der Waals surface area contributed by atoms with Crippen molar-refractivity contribution in [2.45, 2.75) is 6.54 Å². The molecule has 0 fully saturated rings. The number of rotatable bonds is 3. The molecule has 2 rings (SSSR count). The number of carbonyl (C=O) groups is 1. The van der Waals surface area contributed by atoms with Crippen LogP contribution < -0.4 is 0 Å². The van der Waals surface area contributed by atoms with Gasteiger partial charge < -0.3 is 4.90 Å². The van der Waals surface area contributed by atoms with Crippen molar-refractivity contribution < 1.29 is 4.79 Å². The van der Waals surface area contributed by atoms with Crippen molar-refractivity contribution in [1.29, 1.82) is 0 Å². The smallest absolute Gasteiger partial charge is 0.272 e. The van der Waals surface area contributed by atoms with Crippen molar-refractivity contribution in [2.24, 2.45) is 0 Å². The van der Waals surface area contributed by atoms with E-state index < -0.39 is 0 Å². The molecule has 2 aromatic heterocycles. The van der Waals surface area contributed by atoms with Crippen LogP contribution in [0.15, 0.2) is 36.0 Å². The van der Waals surface area contributed by atoms with Crippen LogP contribution in [0.5, 0.6) is 0 Å². The van der Waals surface area contributed by atoms with Gasteiger partial charge in [0.05, 0.1) is 6.54 Å². The summed E-state index contributed by atoms with van der Waals surface area (Å²) < 4.78 is 0. The summed E-state index contributed by atoms with van der Waals surface area (Å²) >= 11 is 1.54. The Balaban J connectivity index is 2.05. The Labute approximate surface area is 97.6 Å². The minimum Gasteiger partial charge on any atom is -0.334 e. The van der Waals surface area contributed by atoms with Gasteiger partial charge in [-0.2, -0.15) is 0 Å². The molecular weight excluding hydrogens is 222 g/mol. The fourth-order valence-corrected chi connectivity index (χ4v) is 1.96. The van der Waals surface area contributed by atoms with Crippen molar-refractivity contribution in [1.82, 2.24) is 14.9 Å². The summed E-state index contributed by atoms with van der Waals surface area (Å²) in [6.07, 6.45) is 3.35. The number of thiazole rings is 1. The van der Waals surface area contributed by atoms with Gasteiger partial charge in [0.25, 0.3) is 5.91 Å². The molecule has 0 spiro atoms. The molecule has 5 heteroatoms. The molecule has 0 aromatic carbocycles. The predicted molar refractivity (Wildman–Crippen MR) is 62.1 cm³/mol. The zero-order valence-electron chi connectivity index (χ0n) is 8.83. The summed E-state index contributed by atoms with van der Waals surface area (Å²) in [5, 5.41) is 2.82. The van der Waals surface area contributed by atoms with E-state index in [1.54, 1.807) is 42.5 Å². The van der Waals surface area contributed by atoms with Crippen LogP contribution in [0.3, 0.4) is 0 Å². The molecule has 0 N–H and O–H groups in total. The minimum absolute atomic E-state index is 0.0872. The van der Waals surface area contributed by atoms with Crippen LogP contribution in [0.25, 0.3) is 0 Å². The fourth-order valence-electron chi connectivity index (χ4n) is 1.29. The maximum Gasteiger partial charge on any atom is 0.272 e. The lowest BCUT2D eigenvalue weighted by Gasteiger charge is -2.14.